The van der Waals surface area contributed by atoms with Crippen LogP contribution in [0.2, 0.25) is 5.02 Å². The van der Waals surface area contributed by atoms with Gasteiger partial charge in [-0.2, -0.15) is 0 Å². The highest BCUT2D eigenvalue weighted by molar-refractivity contribution is 6.44. The summed E-state index contributed by atoms with van der Waals surface area (Å²) in [7, 11) is 6.60. The molecule has 0 spiro atoms. The molecule has 1 saturated heterocycles. The number of aliphatic hydroxyl groups is 3. The van der Waals surface area contributed by atoms with Gasteiger partial charge in [-0.25, -0.2) is 0 Å². The van der Waals surface area contributed by atoms with Gasteiger partial charge in [-0.1, -0.05) is 31.7 Å². The molecule has 3 aliphatic heterocycles. The zero-order valence-corrected chi connectivity index (χ0v) is 23.3. The zero-order valence-electron chi connectivity index (χ0n) is 22.6. The van der Waals surface area contributed by atoms with E-state index in [0.717, 1.165) is 5.57 Å². The Morgan fingerprint density at radius 1 is 1.21 bits per heavy atom. The number of hydrogen-bond acceptors (Lipinski definition) is 8. The molecule has 4 aliphatic rings. The lowest BCUT2D eigenvalue weighted by Crippen LogP contribution is -2.55. The number of fused-ring (bicyclic) bond motifs is 2. The van der Waals surface area contributed by atoms with E-state index in [4.69, 9.17) is 30.5 Å². The first-order valence-electron chi connectivity index (χ1n) is 12.7. The van der Waals surface area contributed by atoms with Crippen molar-refractivity contribution in [3.8, 4) is 11.5 Å². The Morgan fingerprint density at radius 2 is 1.87 bits per heavy atom. The highest BCUT2D eigenvalue weighted by atomic mass is 35.5. The zero-order chi connectivity index (χ0) is 27.8. The van der Waals surface area contributed by atoms with Gasteiger partial charge in [0.1, 0.15) is 46.9 Å². The number of benzene rings is 1. The highest BCUT2D eigenvalue weighted by Gasteiger charge is 2.81. The summed E-state index contributed by atoms with van der Waals surface area (Å²) in [5, 5.41) is 33.7. The van der Waals surface area contributed by atoms with E-state index in [2.05, 4.69) is 20.1 Å². The Kier molecular flexibility index (Phi) is 6.36. The lowest BCUT2D eigenvalue weighted by molar-refractivity contribution is -0.143. The van der Waals surface area contributed by atoms with Gasteiger partial charge in [0, 0.05) is 48.6 Å². The molecule has 3 atom stereocenters. The maximum atomic E-state index is 11.4. The number of methoxy groups -OCH3 is 1. The third-order valence-corrected chi connectivity index (χ3v) is 9.28. The van der Waals surface area contributed by atoms with E-state index in [1.807, 2.05) is 11.0 Å². The summed E-state index contributed by atoms with van der Waals surface area (Å²) in [6.07, 6.45) is 2.06. The average molecular weight is 539 g/mol. The van der Waals surface area contributed by atoms with E-state index in [1.54, 1.807) is 42.8 Å². The monoisotopic (exact) mass is 539 g/mol. The smallest absolute Gasteiger partial charge is 0.148 e. The molecule has 1 saturated carbocycles. The molecule has 5 rings (SSSR count). The molecule has 1 aromatic rings. The lowest BCUT2D eigenvalue weighted by Gasteiger charge is -2.51. The van der Waals surface area contributed by atoms with Crippen LogP contribution < -0.4 is 9.47 Å². The maximum Gasteiger partial charge on any atom is 0.148 e. The number of ether oxygens (including phenoxy) is 4. The van der Waals surface area contributed by atoms with Crippen molar-refractivity contribution >= 4 is 40.8 Å². The SMILES string of the molecule is BC1(O)C(B)(O)C1(B)N1C(=C)C(C(=C)O)=CC2=C1c1cc(Cl)c(OCCCOC)cc1OC2C1(C)COC1. The van der Waals surface area contributed by atoms with Crippen molar-refractivity contribution in [1.82, 2.24) is 4.90 Å². The second-order valence-corrected chi connectivity index (χ2v) is 11.8. The van der Waals surface area contributed by atoms with Gasteiger partial charge >= 0.3 is 0 Å². The number of hydrogen-bond donors (Lipinski definition) is 3. The van der Waals surface area contributed by atoms with E-state index >= 15 is 0 Å². The van der Waals surface area contributed by atoms with Gasteiger partial charge in [0.15, 0.2) is 0 Å². The van der Waals surface area contributed by atoms with Crippen molar-refractivity contribution < 1.29 is 34.3 Å². The topological polar surface area (TPSA) is 101 Å². The Labute approximate surface area is 230 Å². The minimum Gasteiger partial charge on any atom is -0.508 e. The van der Waals surface area contributed by atoms with Gasteiger partial charge in [0.05, 0.1) is 52.4 Å². The molecular weight excluding hydrogens is 506 g/mol. The maximum absolute atomic E-state index is 11.4. The first kappa shape index (κ1) is 27.3. The summed E-state index contributed by atoms with van der Waals surface area (Å²) in [4.78, 5) is 1.81. The average Bonchev–Trinajstić information content (AvgIpc) is 3.15. The summed E-state index contributed by atoms with van der Waals surface area (Å²) < 4.78 is 23.3. The van der Waals surface area contributed by atoms with Crippen molar-refractivity contribution in [3.05, 3.63) is 64.6 Å². The van der Waals surface area contributed by atoms with Crippen molar-refractivity contribution in [2.24, 2.45) is 5.41 Å². The lowest BCUT2D eigenvalue weighted by atomic mass is 9.71. The Balaban J connectivity index is 1.72. The van der Waals surface area contributed by atoms with Gasteiger partial charge in [0.2, 0.25) is 0 Å². The first-order chi connectivity index (χ1) is 17.7. The Bertz CT molecular complexity index is 1270. The van der Waals surface area contributed by atoms with Crippen LogP contribution in [0.4, 0.5) is 0 Å². The quantitative estimate of drug-likeness (QED) is 0.243. The van der Waals surface area contributed by atoms with Crippen molar-refractivity contribution in [1.29, 1.82) is 0 Å². The number of aliphatic hydroxyl groups excluding tert-OH is 1. The van der Waals surface area contributed by atoms with Crippen LogP contribution in [-0.2, 0) is 9.47 Å². The van der Waals surface area contributed by atoms with Gasteiger partial charge < -0.3 is 39.2 Å². The van der Waals surface area contributed by atoms with E-state index in [1.165, 1.54) is 0 Å². The molecular formula is C26H33B3ClNO7. The van der Waals surface area contributed by atoms with Crippen molar-refractivity contribution in [2.75, 3.05) is 33.5 Å². The Morgan fingerprint density at radius 3 is 2.39 bits per heavy atom. The fourth-order valence-corrected chi connectivity index (χ4v) is 6.22. The van der Waals surface area contributed by atoms with Gasteiger partial charge in [-0.05, 0) is 12.1 Å². The minimum absolute atomic E-state index is 0.174. The molecule has 0 radical (unpaired) electrons. The summed E-state index contributed by atoms with van der Waals surface area (Å²) in [6.45, 7) is 12.0. The number of nitrogens with zero attached hydrogens (tertiary/aromatic N) is 1. The number of rotatable bonds is 8. The van der Waals surface area contributed by atoms with E-state index in [0.29, 0.717) is 71.9 Å². The fraction of sp³-hybridized carbons (Fsp3) is 0.462. The molecule has 0 amide bonds. The second-order valence-electron chi connectivity index (χ2n) is 11.4. The predicted molar refractivity (Wildman–Crippen MR) is 153 cm³/mol. The summed E-state index contributed by atoms with van der Waals surface area (Å²) >= 11 is 6.71. The molecule has 38 heavy (non-hydrogen) atoms. The summed E-state index contributed by atoms with van der Waals surface area (Å²) in [5.74, 6) is 0.860. The van der Waals surface area contributed by atoms with Gasteiger partial charge in [-0.3, -0.25) is 0 Å². The van der Waals surface area contributed by atoms with Crippen LogP contribution >= 0.6 is 11.6 Å². The third kappa shape index (κ3) is 3.55. The van der Waals surface area contributed by atoms with Crippen LogP contribution in [0, 0.1) is 5.41 Å². The number of halogens is 1. The molecule has 0 aromatic heterocycles. The molecule has 12 heteroatoms. The van der Waals surface area contributed by atoms with E-state index in [9.17, 15) is 15.3 Å². The highest BCUT2D eigenvalue weighted by Crippen LogP contribution is 2.62. The van der Waals surface area contributed by atoms with Crippen LogP contribution in [-0.4, -0.2) is 99.8 Å². The van der Waals surface area contributed by atoms with Gasteiger partial charge in [-0.15, -0.1) is 0 Å². The van der Waals surface area contributed by atoms with Crippen LogP contribution in [0.5, 0.6) is 11.5 Å². The first-order valence-corrected chi connectivity index (χ1v) is 13.1. The molecule has 0 bridgehead atoms. The third-order valence-electron chi connectivity index (χ3n) is 8.98. The molecule has 3 unspecified atom stereocenters. The van der Waals surface area contributed by atoms with Crippen LogP contribution in [0.15, 0.2) is 54.0 Å². The predicted octanol–water partition coefficient (Wildman–Crippen LogP) is 0.0777. The standard InChI is InChI=1S/C26H33B3ClNO7/c1-13-15(14(2)32)8-17-21(31(13)24(27)25(28,33)26(24,29)34)16-9-18(30)20(37-7-5-6-35-4)10-19(16)38-22(17)23(3)11-36-12-23/h8-10,22,32-34H,1-2,5-7,11-12,27-29H2,3-4H3. The van der Waals surface area contributed by atoms with E-state index < -0.39 is 22.5 Å². The largest absolute Gasteiger partial charge is 0.508 e. The summed E-state index contributed by atoms with van der Waals surface area (Å²) in [6, 6.07) is 3.55. The van der Waals surface area contributed by atoms with Crippen LogP contribution in [0.1, 0.15) is 18.9 Å². The van der Waals surface area contributed by atoms with E-state index in [-0.39, 0.29) is 11.2 Å². The normalized spacial score (nSPS) is 33.0. The molecule has 3 heterocycles. The molecule has 2 fully saturated rings. The second kappa shape index (κ2) is 8.86. The van der Waals surface area contributed by atoms with Crippen molar-refractivity contribution in [2.45, 2.75) is 35.9 Å². The van der Waals surface area contributed by atoms with Gasteiger partial charge in [0.25, 0.3) is 0 Å². The van der Waals surface area contributed by atoms with Crippen LogP contribution in [0.25, 0.3) is 5.70 Å². The fourth-order valence-electron chi connectivity index (χ4n) is 6.00. The molecule has 1 aromatic carbocycles. The molecule has 1 aliphatic carbocycles. The molecule has 8 nitrogen and oxygen atoms in total. The molecule has 3 N–H and O–H groups in total. The molecule has 200 valence electrons. The summed E-state index contributed by atoms with van der Waals surface area (Å²) in [5.41, 5.74) is -1.65. The van der Waals surface area contributed by atoms with Crippen LogP contribution in [0.3, 0.4) is 0 Å². The Hall–Kier alpha value is -2.30. The van der Waals surface area contributed by atoms with Crippen molar-refractivity contribution in [3.63, 3.8) is 0 Å². The minimum atomic E-state index is -1.49.